The monoisotopic (exact) mass is 316 g/mol. The van der Waals surface area contributed by atoms with Crippen molar-refractivity contribution >= 4 is 5.57 Å². The second-order valence-electron chi connectivity index (χ2n) is 7.29. The number of hydrogen-bond acceptors (Lipinski definition) is 0. The van der Waals surface area contributed by atoms with Gasteiger partial charge >= 0.3 is 0 Å². The van der Waals surface area contributed by atoms with Crippen molar-refractivity contribution in [1.29, 1.82) is 0 Å². The summed E-state index contributed by atoms with van der Waals surface area (Å²) in [5.41, 5.74) is 14.2. The minimum absolute atomic E-state index is 0.498. The van der Waals surface area contributed by atoms with Crippen LogP contribution in [-0.4, -0.2) is 0 Å². The Morgan fingerprint density at radius 3 is 1.83 bits per heavy atom. The van der Waals surface area contributed by atoms with Gasteiger partial charge in [-0.1, -0.05) is 48.9 Å². The Morgan fingerprint density at radius 2 is 1.25 bits per heavy atom. The van der Waals surface area contributed by atoms with Crippen molar-refractivity contribution in [1.82, 2.24) is 0 Å². The minimum atomic E-state index is 0.498. The molecule has 0 N–H and O–H groups in total. The summed E-state index contributed by atoms with van der Waals surface area (Å²) in [6.07, 6.45) is 0. The summed E-state index contributed by atoms with van der Waals surface area (Å²) in [6.45, 7) is 15.8. The zero-order chi connectivity index (χ0) is 17.6. The SMILES string of the molecule is CC1=C(C)C(C)C(c2ccccc2-c2ccc(C)c(C)c2C)=C1C. The van der Waals surface area contributed by atoms with Crippen molar-refractivity contribution in [2.24, 2.45) is 5.92 Å². The summed E-state index contributed by atoms with van der Waals surface area (Å²) in [5, 5.41) is 0. The van der Waals surface area contributed by atoms with Crippen LogP contribution in [0.3, 0.4) is 0 Å². The van der Waals surface area contributed by atoms with E-state index in [1.807, 2.05) is 0 Å². The normalized spacial score (nSPS) is 17.9. The van der Waals surface area contributed by atoms with Crippen molar-refractivity contribution in [3.05, 3.63) is 75.4 Å². The van der Waals surface area contributed by atoms with E-state index in [1.165, 1.54) is 55.7 Å². The Morgan fingerprint density at radius 1 is 0.625 bits per heavy atom. The quantitative estimate of drug-likeness (QED) is 0.557. The Bertz CT molecular complexity index is 875. The number of rotatable bonds is 2. The van der Waals surface area contributed by atoms with Gasteiger partial charge in [0.05, 0.1) is 0 Å². The van der Waals surface area contributed by atoms with Gasteiger partial charge in [-0.05, 0) is 91.6 Å². The maximum atomic E-state index is 2.34. The van der Waals surface area contributed by atoms with Crippen LogP contribution < -0.4 is 0 Å². The van der Waals surface area contributed by atoms with Crippen molar-refractivity contribution in [3.8, 4) is 11.1 Å². The van der Waals surface area contributed by atoms with Gasteiger partial charge in [0.2, 0.25) is 0 Å². The van der Waals surface area contributed by atoms with E-state index in [2.05, 4.69) is 84.9 Å². The lowest BCUT2D eigenvalue weighted by molar-refractivity contribution is 0.895. The lowest BCUT2D eigenvalue weighted by Gasteiger charge is -2.19. The third-order valence-corrected chi connectivity index (χ3v) is 6.21. The molecule has 0 aliphatic heterocycles. The summed E-state index contributed by atoms with van der Waals surface area (Å²) in [6, 6.07) is 13.5. The van der Waals surface area contributed by atoms with E-state index in [0.717, 1.165) is 0 Å². The van der Waals surface area contributed by atoms with Crippen molar-refractivity contribution < 1.29 is 0 Å². The van der Waals surface area contributed by atoms with E-state index in [4.69, 9.17) is 0 Å². The number of benzene rings is 2. The fraction of sp³-hybridized carbons (Fsp3) is 0.333. The van der Waals surface area contributed by atoms with Gasteiger partial charge in [0.15, 0.2) is 0 Å². The van der Waals surface area contributed by atoms with Crippen LogP contribution in [0.1, 0.15) is 49.9 Å². The van der Waals surface area contributed by atoms with E-state index in [1.54, 1.807) is 0 Å². The predicted molar refractivity (Wildman–Crippen MR) is 106 cm³/mol. The average molecular weight is 316 g/mol. The maximum absolute atomic E-state index is 2.34. The van der Waals surface area contributed by atoms with Crippen LogP contribution >= 0.6 is 0 Å². The van der Waals surface area contributed by atoms with E-state index >= 15 is 0 Å². The lowest BCUT2D eigenvalue weighted by atomic mass is 9.84. The molecule has 24 heavy (non-hydrogen) atoms. The smallest absolute Gasteiger partial charge is 0.00317 e. The third kappa shape index (κ3) is 2.45. The largest absolute Gasteiger partial charge is 0.0629 e. The van der Waals surface area contributed by atoms with E-state index < -0.39 is 0 Å². The molecular weight excluding hydrogens is 288 g/mol. The highest BCUT2D eigenvalue weighted by molar-refractivity contribution is 5.89. The highest BCUT2D eigenvalue weighted by Crippen LogP contribution is 2.45. The van der Waals surface area contributed by atoms with Gasteiger partial charge in [-0.25, -0.2) is 0 Å². The molecular formula is C24H28. The lowest BCUT2D eigenvalue weighted by Crippen LogP contribution is -2.00. The molecule has 124 valence electrons. The maximum Gasteiger partial charge on any atom is 0.00317 e. The predicted octanol–water partition coefficient (Wildman–Crippen LogP) is 7.04. The molecule has 0 bridgehead atoms. The molecule has 2 aromatic rings. The Kier molecular flexibility index (Phi) is 4.25. The zero-order valence-electron chi connectivity index (χ0n) is 16.0. The van der Waals surface area contributed by atoms with Gasteiger partial charge in [-0.2, -0.15) is 0 Å². The average Bonchev–Trinajstić information content (AvgIpc) is 2.77. The highest BCUT2D eigenvalue weighted by atomic mass is 14.3. The van der Waals surface area contributed by atoms with E-state index in [0.29, 0.717) is 5.92 Å². The van der Waals surface area contributed by atoms with Crippen LogP contribution in [0.5, 0.6) is 0 Å². The minimum Gasteiger partial charge on any atom is -0.0629 e. The van der Waals surface area contributed by atoms with Crippen LogP contribution in [-0.2, 0) is 0 Å². The Hall–Kier alpha value is -2.08. The topological polar surface area (TPSA) is 0 Å². The van der Waals surface area contributed by atoms with Crippen LogP contribution in [0.4, 0.5) is 0 Å². The van der Waals surface area contributed by atoms with Crippen LogP contribution in [0.2, 0.25) is 0 Å². The first kappa shape index (κ1) is 16.8. The molecule has 0 nitrogen and oxygen atoms in total. The summed E-state index contributed by atoms with van der Waals surface area (Å²) < 4.78 is 0. The standard InChI is InChI=1S/C24H28/c1-14-12-13-21(18(5)15(14)2)22-10-8-9-11-23(22)24-19(6)16(3)17(4)20(24)7/h8-13,19H,1-7H3. The van der Waals surface area contributed by atoms with Crippen LogP contribution in [0.25, 0.3) is 16.7 Å². The molecule has 0 aromatic heterocycles. The molecule has 0 spiro atoms. The van der Waals surface area contributed by atoms with Crippen LogP contribution in [0.15, 0.2) is 53.1 Å². The van der Waals surface area contributed by atoms with Gasteiger partial charge in [0, 0.05) is 5.92 Å². The van der Waals surface area contributed by atoms with Crippen LogP contribution in [0, 0.1) is 26.7 Å². The van der Waals surface area contributed by atoms with Gasteiger partial charge < -0.3 is 0 Å². The van der Waals surface area contributed by atoms with E-state index in [9.17, 15) is 0 Å². The molecule has 1 atom stereocenters. The molecule has 3 rings (SSSR count). The molecule has 0 saturated heterocycles. The first-order valence-electron chi connectivity index (χ1n) is 8.89. The summed E-state index contributed by atoms with van der Waals surface area (Å²) in [4.78, 5) is 0. The zero-order valence-corrected chi connectivity index (χ0v) is 16.0. The molecule has 0 saturated carbocycles. The second kappa shape index (κ2) is 6.09. The first-order valence-corrected chi connectivity index (χ1v) is 8.89. The molecule has 0 heterocycles. The summed E-state index contributed by atoms with van der Waals surface area (Å²) in [7, 11) is 0. The van der Waals surface area contributed by atoms with Gasteiger partial charge in [-0.3, -0.25) is 0 Å². The van der Waals surface area contributed by atoms with Gasteiger partial charge in [0.25, 0.3) is 0 Å². The summed E-state index contributed by atoms with van der Waals surface area (Å²) >= 11 is 0. The fourth-order valence-corrected chi connectivity index (χ4v) is 4.00. The molecule has 0 radical (unpaired) electrons. The number of allylic oxidation sites excluding steroid dienone is 4. The molecule has 1 aliphatic rings. The summed E-state index contributed by atoms with van der Waals surface area (Å²) in [5.74, 6) is 0.498. The third-order valence-electron chi connectivity index (χ3n) is 6.21. The molecule has 0 amide bonds. The van der Waals surface area contributed by atoms with E-state index in [-0.39, 0.29) is 0 Å². The van der Waals surface area contributed by atoms with Crippen molar-refractivity contribution in [2.45, 2.75) is 48.5 Å². The number of aryl methyl sites for hydroxylation is 1. The molecule has 0 fully saturated rings. The Labute approximate surface area is 146 Å². The highest BCUT2D eigenvalue weighted by Gasteiger charge is 2.26. The molecule has 2 aromatic carbocycles. The van der Waals surface area contributed by atoms with Crippen molar-refractivity contribution in [2.75, 3.05) is 0 Å². The van der Waals surface area contributed by atoms with Gasteiger partial charge in [0.1, 0.15) is 0 Å². The molecule has 1 aliphatic carbocycles. The van der Waals surface area contributed by atoms with Gasteiger partial charge in [-0.15, -0.1) is 0 Å². The number of hydrogen-bond donors (Lipinski definition) is 0. The fourth-order valence-electron chi connectivity index (χ4n) is 4.00. The first-order chi connectivity index (χ1) is 11.3. The second-order valence-corrected chi connectivity index (χ2v) is 7.29. The molecule has 0 heteroatoms. The van der Waals surface area contributed by atoms with Crippen molar-refractivity contribution in [3.63, 3.8) is 0 Å². The molecule has 1 unspecified atom stereocenters. The Balaban J connectivity index is 2.24.